The van der Waals surface area contributed by atoms with Crippen molar-refractivity contribution in [1.82, 2.24) is 0 Å². The van der Waals surface area contributed by atoms with Gasteiger partial charge in [0.15, 0.2) is 11.9 Å². The Morgan fingerprint density at radius 1 is 1.21 bits per heavy atom. The molecular weight excluding hydrogens is 379 g/mol. The van der Waals surface area contributed by atoms with Crippen LogP contribution in [0.15, 0.2) is 36.4 Å². The van der Waals surface area contributed by atoms with Crippen molar-refractivity contribution in [3.63, 3.8) is 0 Å². The molecule has 0 aliphatic rings. The first-order chi connectivity index (χ1) is 11.3. The molecule has 0 saturated carbocycles. The molecule has 6 nitrogen and oxygen atoms in total. The van der Waals surface area contributed by atoms with Gasteiger partial charge in [-0.3, -0.25) is 14.9 Å². The lowest BCUT2D eigenvalue weighted by Crippen LogP contribution is -2.30. The second-order valence-electron chi connectivity index (χ2n) is 4.72. The quantitative estimate of drug-likeness (QED) is 0.579. The van der Waals surface area contributed by atoms with E-state index in [2.05, 4.69) is 5.32 Å². The minimum absolute atomic E-state index is 0.0153. The lowest BCUT2D eigenvalue weighted by molar-refractivity contribution is -0.386. The highest BCUT2D eigenvalue weighted by Gasteiger charge is 2.22. The van der Waals surface area contributed by atoms with Gasteiger partial charge >= 0.3 is 5.69 Å². The van der Waals surface area contributed by atoms with Crippen LogP contribution in [0.4, 0.5) is 11.4 Å². The molecule has 1 atom stereocenters. The lowest BCUT2D eigenvalue weighted by Gasteiger charge is -2.16. The Morgan fingerprint density at radius 3 is 2.38 bits per heavy atom. The predicted molar refractivity (Wildman–Crippen MR) is 93.3 cm³/mol. The van der Waals surface area contributed by atoms with Gasteiger partial charge < -0.3 is 10.1 Å². The van der Waals surface area contributed by atoms with Crippen LogP contribution in [0.25, 0.3) is 0 Å². The van der Waals surface area contributed by atoms with Crippen molar-refractivity contribution in [2.75, 3.05) is 5.32 Å². The minimum atomic E-state index is -1.02. The highest BCUT2D eigenvalue weighted by molar-refractivity contribution is 6.42. The number of para-hydroxylation sites is 2. The van der Waals surface area contributed by atoms with E-state index in [-0.39, 0.29) is 27.2 Å². The minimum Gasteiger partial charge on any atom is -0.474 e. The van der Waals surface area contributed by atoms with Crippen molar-refractivity contribution in [3.05, 3.63) is 61.6 Å². The first kappa shape index (κ1) is 18.3. The van der Waals surface area contributed by atoms with E-state index in [1.54, 1.807) is 6.07 Å². The van der Waals surface area contributed by atoms with Crippen molar-refractivity contribution >= 4 is 52.1 Å². The molecule has 0 saturated heterocycles. The van der Waals surface area contributed by atoms with Gasteiger partial charge in [0.25, 0.3) is 5.91 Å². The van der Waals surface area contributed by atoms with Gasteiger partial charge in [-0.25, -0.2) is 0 Å². The Balaban J connectivity index is 2.16. The maximum absolute atomic E-state index is 12.2. The number of carbonyl (C=O) groups is 1. The molecule has 9 heteroatoms. The average Bonchev–Trinajstić information content (AvgIpc) is 2.50. The van der Waals surface area contributed by atoms with Gasteiger partial charge in [0.05, 0.1) is 20.7 Å². The second-order valence-corrected chi connectivity index (χ2v) is 5.97. The highest BCUT2D eigenvalue weighted by atomic mass is 35.5. The van der Waals surface area contributed by atoms with Gasteiger partial charge in [0.1, 0.15) is 0 Å². The fourth-order valence-electron chi connectivity index (χ4n) is 1.84. The van der Waals surface area contributed by atoms with Gasteiger partial charge in [0.2, 0.25) is 0 Å². The van der Waals surface area contributed by atoms with Gasteiger partial charge in [-0.05, 0) is 25.1 Å². The number of nitrogens with one attached hydrogen (secondary N) is 1. The highest BCUT2D eigenvalue weighted by Crippen LogP contribution is 2.34. The number of amides is 1. The third-order valence-electron chi connectivity index (χ3n) is 2.99. The fraction of sp³-hybridized carbons (Fsp3) is 0.133. The van der Waals surface area contributed by atoms with Crippen LogP contribution < -0.4 is 10.1 Å². The van der Waals surface area contributed by atoms with Crippen LogP contribution in [0, 0.1) is 10.1 Å². The summed E-state index contributed by atoms with van der Waals surface area (Å²) < 4.78 is 5.38. The number of nitro benzene ring substituents is 1. The number of benzene rings is 2. The molecule has 1 amide bonds. The first-order valence-electron chi connectivity index (χ1n) is 6.65. The summed E-state index contributed by atoms with van der Waals surface area (Å²) in [7, 11) is 0. The first-order valence-corrected chi connectivity index (χ1v) is 7.78. The molecule has 0 aromatic heterocycles. The van der Waals surface area contributed by atoms with Crippen molar-refractivity contribution in [2.45, 2.75) is 13.0 Å². The number of rotatable bonds is 5. The van der Waals surface area contributed by atoms with Crippen molar-refractivity contribution in [2.24, 2.45) is 0 Å². The summed E-state index contributed by atoms with van der Waals surface area (Å²) in [5, 5.41) is 14.1. The molecule has 0 heterocycles. The van der Waals surface area contributed by atoms with E-state index >= 15 is 0 Å². The zero-order valence-electron chi connectivity index (χ0n) is 12.3. The van der Waals surface area contributed by atoms with Crippen LogP contribution in [-0.2, 0) is 4.79 Å². The maximum atomic E-state index is 12.2. The van der Waals surface area contributed by atoms with E-state index in [0.717, 1.165) is 0 Å². The summed E-state index contributed by atoms with van der Waals surface area (Å²) in [5.74, 6) is -0.585. The molecule has 2 aromatic carbocycles. The van der Waals surface area contributed by atoms with Crippen LogP contribution in [0.5, 0.6) is 5.75 Å². The van der Waals surface area contributed by atoms with E-state index in [1.165, 1.54) is 37.3 Å². The summed E-state index contributed by atoms with van der Waals surface area (Å²) >= 11 is 17.8. The summed E-state index contributed by atoms with van der Waals surface area (Å²) in [6, 6.07) is 8.62. The van der Waals surface area contributed by atoms with Gasteiger partial charge in [-0.2, -0.15) is 0 Å². The number of halogens is 3. The molecule has 0 spiro atoms. The number of hydrogen-bond donors (Lipinski definition) is 1. The van der Waals surface area contributed by atoms with E-state index in [0.29, 0.717) is 5.02 Å². The fourth-order valence-corrected chi connectivity index (χ4v) is 2.75. The lowest BCUT2D eigenvalue weighted by atomic mass is 10.2. The summed E-state index contributed by atoms with van der Waals surface area (Å²) in [6.07, 6.45) is -1.02. The molecule has 126 valence electrons. The largest absolute Gasteiger partial charge is 0.474 e. The summed E-state index contributed by atoms with van der Waals surface area (Å²) in [6.45, 7) is 1.45. The number of carbonyl (C=O) groups excluding carboxylic acids is 1. The molecule has 0 fully saturated rings. The van der Waals surface area contributed by atoms with Crippen LogP contribution in [-0.4, -0.2) is 16.9 Å². The molecule has 2 rings (SSSR count). The maximum Gasteiger partial charge on any atom is 0.310 e. The predicted octanol–water partition coefficient (Wildman–Crippen LogP) is 4.96. The molecule has 0 radical (unpaired) electrons. The summed E-state index contributed by atoms with van der Waals surface area (Å²) in [5.41, 5.74) is -0.0505. The number of nitrogens with zero attached hydrogens (tertiary/aromatic N) is 1. The monoisotopic (exact) mass is 388 g/mol. The van der Waals surface area contributed by atoms with Gasteiger partial charge in [0, 0.05) is 11.1 Å². The van der Waals surface area contributed by atoms with Crippen LogP contribution in [0.1, 0.15) is 6.92 Å². The molecule has 0 bridgehead atoms. The number of anilines is 1. The Hall–Kier alpha value is -2.02. The topological polar surface area (TPSA) is 81.5 Å². The standard InChI is InChI=1S/C15H11Cl3N2O4/c1-8(24-13-5-3-2-4-12(13)20(22)23)15(21)19-14-10(17)6-9(16)7-11(14)18/h2-8H,1H3,(H,19,21)/t8-/m1/s1. The molecule has 0 aliphatic carbocycles. The smallest absolute Gasteiger partial charge is 0.310 e. The van der Waals surface area contributed by atoms with Crippen molar-refractivity contribution < 1.29 is 14.5 Å². The van der Waals surface area contributed by atoms with Crippen LogP contribution >= 0.6 is 34.8 Å². The number of ether oxygens (including phenoxy) is 1. The number of nitro groups is 1. The third-order valence-corrected chi connectivity index (χ3v) is 3.80. The SMILES string of the molecule is C[C@@H](Oc1ccccc1[N+](=O)[O-])C(=O)Nc1c(Cl)cc(Cl)cc1Cl. The number of hydrogen-bond acceptors (Lipinski definition) is 4. The normalized spacial score (nSPS) is 11.7. The molecular formula is C15H11Cl3N2O4. The van der Waals surface area contributed by atoms with Crippen molar-refractivity contribution in [3.8, 4) is 5.75 Å². The molecule has 2 aromatic rings. The Labute approximate surface area is 152 Å². The van der Waals surface area contributed by atoms with E-state index in [4.69, 9.17) is 39.5 Å². The average molecular weight is 390 g/mol. The van der Waals surface area contributed by atoms with Gasteiger partial charge in [-0.15, -0.1) is 0 Å². The Bertz CT molecular complexity index is 775. The van der Waals surface area contributed by atoms with Crippen molar-refractivity contribution in [1.29, 1.82) is 0 Å². The summed E-state index contributed by atoms with van der Waals surface area (Å²) in [4.78, 5) is 22.6. The molecule has 0 unspecified atom stereocenters. The third kappa shape index (κ3) is 4.29. The second kappa shape index (κ2) is 7.70. The Kier molecular flexibility index (Phi) is 5.88. The van der Waals surface area contributed by atoms with E-state index < -0.39 is 16.9 Å². The van der Waals surface area contributed by atoms with Gasteiger partial charge in [-0.1, -0.05) is 46.9 Å². The van der Waals surface area contributed by atoms with E-state index in [1.807, 2.05) is 0 Å². The molecule has 24 heavy (non-hydrogen) atoms. The molecule has 0 aliphatic heterocycles. The van der Waals surface area contributed by atoms with Crippen LogP contribution in [0.3, 0.4) is 0 Å². The zero-order valence-corrected chi connectivity index (χ0v) is 14.5. The zero-order chi connectivity index (χ0) is 17.9. The Morgan fingerprint density at radius 2 is 1.79 bits per heavy atom. The molecule has 1 N–H and O–H groups in total. The van der Waals surface area contributed by atoms with E-state index in [9.17, 15) is 14.9 Å². The van der Waals surface area contributed by atoms with Crippen LogP contribution in [0.2, 0.25) is 15.1 Å².